The Morgan fingerprint density at radius 2 is 1.92 bits per heavy atom. The number of amides is 1. The van der Waals surface area contributed by atoms with E-state index in [1.54, 1.807) is 35.4 Å². The summed E-state index contributed by atoms with van der Waals surface area (Å²) in [5.41, 5.74) is 2.65. The smallest absolute Gasteiger partial charge is 0.239 e. The molecule has 0 bridgehead atoms. The van der Waals surface area contributed by atoms with Crippen LogP contribution in [0, 0.1) is 5.82 Å². The van der Waals surface area contributed by atoms with Crippen molar-refractivity contribution >= 4 is 5.91 Å². The number of imidazole rings is 1. The number of aromatic nitrogens is 2. The van der Waals surface area contributed by atoms with Gasteiger partial charge in [-0.2, -0.15) is 0 Å². The fraction of sp³-hybridized carbons (Fsp3) is 0.200. The first-order valence-corrected chi connectivity index (χ1v) is 8.28. The Kier molecular flexibility index (Phi) is 5.57. The lowest BCUT2D eigenvalue weighted by Crippen LogP contribution is -2.28. The van der Waals surface area contributed by atoms with Crippen molar-refractivity contribution in [1.82, 2.24) is 14.9 Å². The summed E-state index contributed by atoms with van der Waals surface area (Å²) < 4.78 is 15.5. The van der Waals surface area contributed by atoms with Gasteiger partial charge in [0.05, 0.1) is 6.33 Å². The van der Waals surface area contributed by atoms with Gasteiger partial charge in [-0.15, -0.1) is 0 Å². The number of carbonyl (C=O) groups excluding carboxylic acids is 1. The Morgan fingerprint density at radius 1 is 1.12 bits per heavy atom. The zero-order chi connectivity index (χ0) is 17.5. The lowest BCUT2D eigenvalue weighted by atomic mass is 10.0. The fourth-order valence-electron chi connectivity index (χ4n) is 2.67. The van der Waals surface area contributed by atoms with Crippen LogP contribution in [0.2, 0.25) is 0 Å². The third kappa shape index (κ3) is 4.76. The SMILES string of the molecule is O=C(Cn1ccnc1)NCCCc1ccc(-c2ccccc2F)cc1. The number of aryl methyl sites for hydroxylation is 1. The van der Waals surface area contributed by atoms with Gasteiger partial charge in [0.15, 0.2) is 0 Å². The summed E-state index contributed by atoms with van der Waals surface area (Å²) in [5.74, 6) is -0.233. The highest BCUT2D eigenvalue weighted by atomic mass is 19.1. The number of nitrogens with one attached hydrogen (secondary N) is 1. The predicted molar refractivity (Wildman–Crippen MR) is 95.4 cm³/mol. The van der Waals surface area contributed by atoms with Crippen molar-refractivity contribution in [3.8, 4) is 11.1 Å². The highest BCUT2D eigenvalue weighted by Gasteiger charge is 2.04. The molecule has 0 saturated carbocycles. The molecular formula is C20H20FN3O. The molecule has 5 heteroatoms. The number of halogens is 1. The predicted octanol–water partition coefficient (Wildman–Crippen LogP) is 3.44. The van der Waals surface area contributed by atoms with Crippen LogP contribution in [0.3, 0.4) is 0 Å². The molecule has 0 atom stereocenters. The maximum atomic E-state index is 13.8. The Morgan fingerprint density at radius 3 is 2.64 bits per heavy atom. The molecule has 128 valence electrons. The van der Waals surface area contributed by atoms with Gasteiger partial charge < -0.3 is 9.88 Å². The fourth-order valence-corrected chi connectivity index (χ4v) is 2.67. The van der Waals surface area contributed by atoms with Crippen LogP contribution in [0.4, 0.5) is 4.39 Å². The third-order valence-corrected chi connectivity index (χ3v) is 3.99. The molecule has 0 saturated heterocycles. The summed E-state index contributed by atoms with van der Waals surface area (Å²) in [4.78, 5) is 15.7. The highest BCUT2D eigenvalue weighted by molar-refractivity contribution is 5.75. The van der Waals surface area contributed by atoms with Crippen LogP contribution in [-0.2, 0) is 17.8 Å². The van der Waals surface area contributed by atoms with Crippen molar-refractivity contribution < 1.29 is 9.18 Å². The minimum absolute atomic E-state index is 0.0205. The molecule has 1 aromatic heterocycles. The Bertz CT molecular complexity index is 813. The van der Waals surface area contributed by atoms with E-state index in [9.17, 15) is 9.18 Å². The summed E-state index contributed by atoms with van der Waals surface area (Å²) in [6, 6.07) is 14.7. The monoisotopic (exact) mass is 337 g/mol. The molecule has 0 aliphatic carbocycles. The molecule has 25 heavy (non-hydrogen) atoms. The number of nitrogens with zero attached hydrogens (tertiary/aromatic N) is 2. The normalized spacial score (nSPS) is 10.6. The Hall–Kier alpha value is -2.95. The maximum absolute atomic E-state index is 13.8. The molecule has 0 unspecified atom stereocenters. The van der Waals surface area contributed by atoms with Crippen LogP contribution in [0.15, 0.2) is 67.3 Å². The van der Waals surface area contributed by atoms with Gasteiger partial charge in [-0.1, -0.05) is 42.5 Å². The molecular weight excluding hydrogens is 317 g/mol. The average molecular weight is 337 g/mol. The summed E-state index contributed by atoms with van der Waals surface area (Å²) in [6.07, 6.45) is 6.75. The molecule has 1 heterocycles. The number of hydrogen-bond donors (Lipinski definition) is 1. The molecule has 0 spiro atoms. The van der Waals surface area contributed by atoms with Crippen molar-refractivity contribution in [3.05, 3.63) is 78.6 Å². The van der Waals surface area contributed by atoms with E-state index < -0.39 is 0 Å². The van der Waals surface area contributed by atoms with Gasteiger partial charge in [-0.05, 0) is 30.0 Å². The van der Waals surface area contributed by atoms with Gasteiger partial charge in [-0.3, -0.25) is 4.79 Å². The minimum atomic E-state index is -0.212. The van der Waals surface area contributed by atoms with E-state index in [1.807, 2.05) is 30.3 Å². The molecule has 0 radical (unpaired) electrons. The standard InChI is InChI=1S/C20H20FN3O/c21-19-6-2-1-5-18(19)17-9-7-16(8-10-17)4-3-11-23-20(25)14-24-13-12-22-15-24/h1-2,5-10,12-13,15H,3-4,11,14H2,(H,23,25). The summed E-state index contributed by atoms with van der Waals surface area (Å²) >= 11 is 0. The molecule has 1 amide bonds. The van der Waals surface area contributed by atoms with Gasteiger partial charge in [0.1, 0.15) is 12.4 Å². The van der Waals surface area contributed by atoms with Crippen LogP contribution in [0.5, 0.6) is 0 Å². The number of carbonyl (C=O) groups is 1. The van der Waals surface area contributed by atoms with Crippen molar-refractivity contribution in [1.29, 1.82) is 0 Å². The van der Waals surface area contributed by atoms with Crippen LogP contribution in [0.25, 0.3) is 11.1 Å². The second-order valence-electron chi connectivity index (χ2n) is 5.87. The molecule has 0 aliphatic heterocycles. The lowest BCUT2D eigenvalue weighted by Gasteiger charge is -2.07. The molecule has 2 aromatic carbocycles. The second kappa shape index (κ2) is 8.24. The average Bonchev–Trinajstić information content (AvgIpc) is 3.13. The van der Waals surface area contributed by atoms with E-state index in [1.165, 1.54) is 11.6 Å². The molecule has 0 aliphatic rings. The quantitative estimate of drug-likeness (QED) is 0.671. The zero-order valence-corrected chi connectivity index (χ0v) is 13.9. The van der Waals surface area contributed by atoms with Crippen molar-refractivity contribution in [3.63, 3.8) is 0 Å². The van der Waals surface area contributed by atoms with E-state index in [-0.39, 0.29) is 18.3 Å². The van der Waals surface area contributed by atoms with Gasteiger partial charge in [-0.25, -0.2) is 9.37 Å². The van der Waals surface area contributed by atoms with E-state index >= 15 is 0 Å². The molecule has 1 N–H and O–H groups in total. The minimum Gasteiger partial charge on any atom is -0.355 e. The third-order valence-electron chi connectivity index (χ3n) is 3.99. The van der Waals surface area contributed by atoms with Crippen LogP contribution in [-0.4, -0.2) is 22.0 Å². The topological polar surface area (TPSA) is 46.9 Å². The first kappa shape index (κ1) is 16.9. The Labute approximate surface area is 146 Å². The number of hydrogen-bond acceptors (Lipinski definition) is 2. The van der Waals surface area contributed by atoms with Crippen molar-refractivity contribution in [2.75, 3.05) is 6.54 Å². The van der Waals surface area contributed by atoms with Crippen LogP contribution >= 0.6 is 0 Å². The van der Waals surface area contributed by atoms with Crippen LogP contribution in [0.1, 0.15) is 12.0 Å². The summed E-state index contributed by atoms with van der Waals surface area (Å²) in [6.45, 7) is 0.917. The van der Waals surface area contributed by atoms with E-state index in [4.69, 9.17) is 0 Å². The van der Waals surface area contributed by atoms with Gasteiger partial charge in [0.2, 0.25) is 5.91 Å². The molecule has 3 aromatic rings. The lowest BCUT2D eigenvalue weighted by molar-refractivity contribution is -0.121. The number of benzene rings is 2. The van der Waals surface area contributed by atoms with Crippen LogP contribution < -0.4 is 5.32 Å². The van der Waals surface area contributed by atoms with E-state index in [0.29, 0.717) is 12.1 Å². The maximum Gasteiger partial charge on any atom is 0.239 e. The summed E-state index contributed by atoms with van der Waals surface area (Å²) in [7, 11) is 0. The Balaban J connectivity index is 1.44. The highest BCUT2D eigenvalue weighted by Crippen LogP contribution is 2.22. The van der Waals surface area contributed by atoms with Gasteiger partial charge in [0, 0.05) is 24.5 Å². The van der Waals surface area contributed by atoms with Crippen molar-refractivity contribution in [2.24, 2.45) is 0 Å². The van der Waals surface area contributed by atoms with Crippen molar-refractivity contribution in [2.45, 2.75) is 19.4 Å². The van der Waals surface area contributed by atoms with Gasteiger partial charge >= 0.3 is 0 Å². The number of rotatable bonds is 7. The first-order valence-electron chi connectivity index (χ1n) is 8.28. The molecule has 0 fully saturated rings. The zero-order valence-electron chi connectivity index (χ0n) is 13.9. The summed E-state index contributed by atoms with van der Waals surface area (Å²) in [5, 5.41) is 2.90. The largest absolute Gasteiger partial charge is 0.355 e. The second-order valence-corrected chi connectivity index (χ2v) is 5.87. The van der Waals surface area contributed by atoms with E-state index in [0.717, 1.165) is 18.4 Å². The molecule has 4 nitrogen and oxygen atoms in total. The molecule has 3 rings (SSSR count). The van der Waals surface area contributed by atoms with Gasteiger partial charge in [0.25, 0.3) is 0 Å². The van der Waals surface area contributed by atoms with E-state index in [2.05, 4.69) is 10.3 Å². The first-order chi connectivity index (χ1) is 12.2.